The van der Waals surface area contributed by atoms with Gasteiger partial charge in [0, 0.05) is 18.2 Å². The molecule has 0 amide bonds. The zero-order chi connectivity index (χ0) is 11.4. The molecule has 1 N–H and O–H groups in total. The van der Waals surface area contributed by atoms with Crippen molar-refractivity contribution in [1.82, 2.24) is 4.90 Å². The Morgan fingerprint density at radius 3 is 3.00 bits per heavy atom. The summed E-state index contributed by atoms with van der Waals surface area (Å²) in [5.41, 5.74) is 1.20. The SMILES string of the molecule is COc1ccccc1CN1CCCC1CO. The molecule has 0 radical (unpaired) electrons. The van der Waals surface area contributed by atoms with Gasteiger partial charge in [-0.3, -0.25) is 4.90 Å². The van der Waals surface area contributed by atoms with Crippen LogP contribution in [0.25, 0.3) is 0 Å². The fourth-order valence-corrected chi connectivity index (χ4v) is 2.36. The minimum atomic E-state index is 0.259. The first-order chi connectivity index (χ1) is 7.85. The lowest BCUT2D eigenvalue weighted by Gasteiger charge is -2.23. The van der Waals surface area contributed by atoms with Crippen LogP contribution in [-0.2, 0) is 6.54 Å². The summed E-state index contributed by atoms with van der Waals surface area (Å²) in [5, 5.41) is 9.27. The van der Waals surface area contributed by atoms with Crippen LogP contribution in [0.15, 0.2) is 24.3 Å². The minimum absolute atomic E-state index is 0.259. The second kappa shape index (κ2) is 5.32. The highest BCUT2D eigenvalue weighted by molar-refractivity contribution is 5.33. The second-order valence-corrected chi connectivity index (χ2v) is 4.26. The number of hydrogen-bond acceptors (Lipinski definition) is 3. The molecule has 0 aromatic heterocycles. The maximum atomic E-state index is 9.27. The molecular weight excluding hydrogens is 202 g/mol. The molecule has 88 valence electrons. The summed E-state index contributed by atoms with van der Waals surface area (Å²) in [7, 11) is 1.70. The Labute approximate surface area is 96.6 Å². The van der Waals surface area contributed by atoms with Gasteiger partial charge in [0.1, 0.15) is 5.75 Å². The summed E-state index contributed by atoms with van der Waals surface area (Å²) in [5.74, 6) is 0.936. The van der Waals surface area contributed by atoms with Gasteiger partial charge >= 0.3 is 0 Å². The van der Waals surface area contributed by atoms with Crippen LogP contribution in [0.5, 0.6) is 5.75 Å². The van der Waals surface area contributed by atoms with Crippen molar-refractivity contribution in [2.75, 3.05) is 20.3 Å². The molecule has 1 unspecified atom stereocenters. The average molecular weight is 221 g/mol. The Bertz CT molecular complexity index is 340. The van der Waals surface area contributed by atoms with Crippen molar-refractivity contribution in [3.63, 3.8) is 0 Å². The lowest BCUT2D eigenvalue weighted by atomic mass is 10.1. The monoisotopic (exact) mass is 221 g/mol. The van der Waals surface area contributed by atoms with E-state index >= 15 is 0 Å². The van der Waals surface area contributed by atoms with E-state index in [4.69, 9.17) is 4.74 Å². The normalized spacial score (nSPS) is 21.2. The number of ether oxygens (including phenoxy) is 1. The number of nitrogens with zero attached hydrogens (tertiary/aromatic N) is 1. The topological polar surface area (TPSA) is 32.7 Å². The molecule has 1 heterocycles. The summed E-state index contributed by atoms with van der Waals surface area (Å²) < 4.78 is 5.34. The van der Waals surface area contributed by atoms with Crippen LogP contribution in [0.1, 0.15) is 18.4 Å². The Kier molecular flexibility index (Phi) is 3.80. The third-order valence-electron chi connectivity index (χ3n) is 3.28. The molecular formula is C13H19NO2. The van der Waals surface area contributed by atoms with E-state index in [1.807, 2.05) is 18.2 Å². The average Bonchev–Trinajstić information content (AvgIpc) is 2.77. The van der Waals surface area contributed by atoms with Crippen molar-refractivity contribution >= 4 is 0 Å². The fraction of sp³-hybridized carbons (Fsp3) is 0.538. The highest BCUT2D eigenvalue weighted by atomic mass is 16.5. The predicted octanol–water partition coefficient (Wildman–Crippen LogP) is 1.65. The summed E-state index contributed by atoms with van der Waals surface area (Å²) in [6.07, 6.45) is 2.28. The minimum Gasteiger partial charge on any atom is -0.496 e. The first-order valence-electron chi connectivity index (χ1n) is 5.82. The maximum Gasteiger partial charge on any atom is 0.123 e. The first-order valence-corrected chi connectivity index (χ1v) is 5.82. The second-order valence-electron chi connectivity index (χ2n) is 4.26. The molecule has 1 aliphatic rings. The summed E-state index contributed by atoms with van der Waals surface area (Å²) in [6, 6.07) is 8.41. The van der Waals surface area contributed by atoms with Gasteiger partial charge in [-0.1, -0.05) is 18.2 Å². The summed E-state index contributed by atoms with van der Waals surface area (Å²) >= 11 is 0. The van der Waals surface area contributed by atoms with Gasteiger partial charge in [0.05, 0.1) is 13.7 Å². The van der Waals surface area contributed by atoms with E-state index in [-0.39, 0.29) is 6.61 Å². The van der Waals surface area contributed by atoms with Gasteiger partial charge in [0.2, 0.25) is 0 Å². The Balaban J connectivity index is 2.08. The van der Waals surface area contributed by atoms with Gasteiger partial charge in [-0.25, -0.2) is 0 Å². The first kappa shape index (κ1) is 11.4. The number of aliphatic hydroxyl groups excluding tert-OH is 1. The molecule has 1 aromatic carbocycles. The van der Waals surface area contributed by atoms with Crippen LogP contribution >= 0.6 is 0 Å². The molecule has 0 aliphatic carbocycles. The molecule has 1 saturated heterocycles. The Morgan fingerprint density at radius 2 is 2.25 bits per heavy atom. The molecule has 1 aliphatic heterocycles. The van der Waals surface area contributed by atoms with Crippen LogP contribution in [-0.4, -0.2) is 36.3 Å². The van der Waals surface area contributed by atoms with Crippen LogP contribution in [0.3, 0.4) is 0 Å². The largest absolute Gasteiger partial charge is 0.496 e. The van der Waals surface area contributed by atoms with Gasteiger partial charge in [0.15, 0.2) is 0 Å². The predicted molar refractivity (Wildman–Crippen MR) is 63.5 cm³/mol. The summed E-state index contributed by atoms with van der Waals surface area (Å²) in [6.45, 7) is 2.20. The van der Waals surface area contributed by atoms with E-state index in [2.05, 4.69) is 11.0 Å². The maximum absolute atomic E-state index is 9.27. The molecule has 3 heteroatoms. The number of likely N-dealkylation sites (tertiary alicyclic amines) is 1. The van der Waals surface area contributed by atoms with Crippen LogP contribution < -0.4 is 4.74 Å². The quantitative estimate of drug-likeness (QED) is 0.839. The van der Waals surface area contributed by atoms with E-state index in [9.17, 15) is 5.11 Å². The van der Waals surface area contributed by atoms with Crippen molar-refractivity contribution in [2.24, 2.45) is 0 Å². The van der Waals surface area contributed by atoms with Crippen LogP contribution in [0.4, 0.5) is 0 Å². The molecule has 0 saturated carbocycles. The highest BCUT2D eigenvalue weighted by Gasteiger charge is 2.24. The number of benzene rings is 1. The number of para-hydroxylation sites is 1. The van der Waals surface area contributed by atoms with E-state index < -0.39 is 0 Å². The number of aliphatic hydroxyl groups is 1. The van der Waals surface area contributed by atoms with Gasteiger partial charge < -0.3 is 9.84 Å². The third-order valence-corrected chi connectivity index (χ3v) is 3.28. The third kappa shape index (κ3) is 2.36. The summed E-state index contributed by atoms with van der Waals surface area (Å²) in [4.78, 5) is 2.33. The molecule has 0 bridgehead atoms. The Hall–Kier alpha value is -1.06. The van der Waals surface area contributed by atoms with E-state index in [1.54, 1.807) is 7.11 Å². The van der Waals surface area contributed by atoms with Crippen molar-refractivity contribution < 1.29 is 9.84 Å². The van der Waals surface area contributed by atoms with Gasteiger partial charge in [-0.2, -0.15) is 0 Å². The van der Waals surface area contributed by atoms with Gasteiger partial charge in [-0.05, 0) is 25.5 Å². The molecule has 16 heavy (non-hydrogen) atoms. The van der Waals surface area contributed by atoms with Crippen molar-refractivity contribution in [3.05, 3.63) is 29.8 Å². The molecule has 0 spiro atoms. The lowest BCUT2D eigenvalue weighted by Crippen LogP contribution is -2.31. The molecule has 1 aromatic rings. The van der Waals surface area contributed by atoms with Crippen molar-refractivity contribution in [2.45, 2.75) is 25.4 Å². The van der Waals surface area contributed by atoms with Crippen LogP contribution in [0, 0.1) is 0 Å². The molecule has 2 rings (SSSR count). The van der Waals surface area contributed by atoms with E-state index in [0.717, 1.165) is 25.3 Å². The van der Waals surface area contributed by atoms with Gasteiger partial charge in [0.25, 0.3) is 0 Å². The number of methoxy groups -OCH3 is 1. The lowest BCUT2D eigenvalue weighted by molar-refractivity contribution is 0.152. The van der Waals surface area contributed by atoms with E-state index in [0.29, 0.717) is 6.04 Å². The molecule has 1 atom stereocenters. The van der Waals surface area contributed by atoms with Crippen molar-refractivity contribution in [3.8, 4) is 5.75 Å². The van der Waals surface area contributed by atoms with Gasteiger partial charge in [-0.15, -0.1) is 0 Å². The fourth-order valence-electron chi connectivity index (χ4n) is 2.36. The van der Waals surface area contributed by atoms with Crippen LogP contribution in [0.2, 0.25) is 0 Å². The zero-order valence-corrected chi connectivity index (χ0v) is 9.72. The standard InChI is InChI=1S/C13H19NO2/c1-16-13-7-3-2-5-11(13)9-14-8-4-6-12(14)10-15/h2-3,5,7,12,15H,4,6,8-10H2,1H3. The smallest absolute Gasteiger partial charge is 0.123 e. The highest BCUT2D eigenvalue weighted by Crippen LogP contribution is 2.24. The van der Waals surface area contributed by atoms with E-state index in [1.165, 1.54) is 12.0 Å². The zero-order valence-electron chi connectivity index (χ0n) is 9.72. The Morgan fingerprint density at radius 1 is 1.44 bits per heavy atom. The number of hydrogen-bond donors (Lipinski definition) is 1. The molecule has 3 nitrogen and oxygen atoms in total. The van der Waals surface area contributed by atoms with Crippen molar-refractivity contribution in [1.29, 1.82) is 0 Å². The molecule has 1 fully saturated rings. The number of rotatable bonds is 4.